The lowest BCUT2D eigenvalue weighted by Gasteiger charge is -2.44. The molecule has 0 aromatic heterocycles. The van der Waals surface area contributed by atoms with Crippen molar-refractivity contribution in [3.05, 3.63) is 0 Å². The second kappa shape index (κ2) is 9.54. The predicted molar refractivity (Wildman–Crippen MR) is 113 cm³/mol. The van der Waals surface area contributed by atoms with Gasteiger partial charge in [0.15, 0.2) is 23.8 Å². The largest absolute Gasteiger partial charge is 0.458 e. The summed E-state index contributed by atoms with van der Waals surface area (Å²) in [6.07, 6.45) is -1.91. The molecule has 172 valence electrons. The molecule has 3 saturated heterocycles. The van der Waals surface area contributed by atoms with Crippen molar-refractivity contribution in [3.63, 3.8) is 0 Å². The normalized spacial score (nSPS) is 34.9. The van der Waals surface area contributed by atoms with Crippen molar-refractivity contribution >= 4 is 35.5 Å². The van der Waals surface area contributed by atoms with Gasteiger partial charge in [-0.1, -0.05) is 0 Å². The topological polar surface area (TPSA) is 89.5 Å². The highest BCUT2D eigenvalue weighted by atomic mass is 32.2. The first-order valence-corrected chi connectivity index (χ1v) is 12.3. The molecule has 0 spiro atoms. The summed E-state index contributed by atoms with van der Waals surface area (Å²) in [6.45, 7) is 10.2. The molecule has 3 fully saturated rings. The average Bonchev–Trinajstić information content (AvgIpc) is 2.96. The number of carbonyl (C=O) groups excluding carboxylic acids is 2. The summed E-state index contributed by atoms with van der Waals surface area (Å²) in [5, 5.41) is 0. The van der Waals surface area contributed by atoms with Crippen LogP contribution in [0.25, 0.3) is 0 Å². The third kappa shape index (κ3) is 6.04. The SMILES string of the molecule is CC(=O)O[C@@H]1COC(C)(C)O[C@H]1[C@@H]1OC(C)(C)O[C@H]1[C@@H](OC(C)=O)C1SCCCS1. The van der Waals surface area contributed by atoms with E-state index in [-0.39, 0.29) is 17.2 Å². The number of carbonyl (C=O) groups is 2. The minimum atomic E-state index is -0.912. The van der Waals surface area contributed by atoms with E-state index in [0.29, 0.717) is 0 Å². The van der Waals surface area contributed by atoms with Crippen molar-refractivity contribution in [2.24, 2.45) is 0 Å². The Labute approximate surface area is 186 Å². The van der Waals surface area contributed by atoms with Crippen molar-refractivity contribution in [2.45, 2.75) is 94.6 Å². The van der Waals surface area contributed by atoms with Gasteiger partial charge in [0.05, 0.1) is 11.2 Å². The van der Waals surface area contributed by atoms with Crippen LogP contribution in [-0.2, 0) is 38.0 Å². The number of rotatable bonds is 5. The van der Waals surface area contributed by atoms with Crippen molar-refractivity contribution in [3.8, 4) is 0 Å². The maximum absolute atomic E-state index is 12.0. The molecule has 10 heteroatoms. The molecule has 0 aromatic rings. The van der Waals surface area contributed by atoms with Crippen LogP contribution in [0.3, 0.4) is 0 Å². The molecule has 3 heterocycles. The van der Waals surface area contributed by atoms with Crippen molar-refractivity contribution in [1.29, 1.82) is 0 Å². The van der Waals surface area contributed by atoms with E-state index in [2.05, 4.69) is 0 Å². The van der Waals surface area contributed by atoms with Crippen LogP contribution in [0.15, 0.2) is 0 Å². The van der Waals surface area contributed by atoms with E-state index in [9.17, 15) is 9.59 Å². The summed E-state index contributed by atoms with van der Waals surface area (Å²) in [7, 11) is 0. The highest BCUT2D eigenvalue weighted by Gasteiger charge is 2.56. The third-order valence-corrected chi connectivity index (χ3v) is 7.99. The van der Waals surface area contributed by atoms with Crippen LogP contribution < -0.4 is 0 Å². The van der Waals surface area contributed by atoms with Crippen molar-refractivity contribution < 1.29 is 38.0 Å². The van der Waals surface area contributed by atoms with Crippen LogP contribution in [0.5, 0.6) is 0 Å². The first-order valence-electron chi connectivity index (χ1n) is 10.2. The Morgan fingerprint density at radius 2 is 1.57 bits per heavy atom. The zero-order valence-corrected chi connectivity index (χ0v) is 20.0. The molecule has 0 aliphatic carbocycles. The second-order valence-electron chi connectivity index (χ2n) is 8.54. The molecular formula is C20H32O8S2. The van der Waals surface area contributed by atoms with Crippen molar-refractivity contribution in [1.82, 2.24) is 0 Å². The van der Waals surface area contributed by atoms with Crippen LogP contribution in [0, 0.1) is 0 Å². The van der Waals surface area contributed by atoms with E-state index in [1.54, 1.807) is 37.4 Å². The summed E-state index contributed by atoms with van der Waals surface area (Å²) in [4.78, 5) is 23.6. The summed E-state index contributed by atoms with van der Waals surface area (Å²) in [5.41, 5.74) is 0. The molecule has 30 heavy (non-hydrogen) atoms. The Morgan fingerprint density at radius 3 is 2.17 bits per heavy atom. The molecule has 0 N–H and O–H groups in total. The first kappa shape index (κ1) is 24.1. The number of ether oxygens (including phenoxy) is 6. The number of thioether (sulfide) groups is 2. The summed E-state index contributed by atoms with van der Waals surface area (Å²) in [6, 6.07) is 0. The molecule has 0 saturated carbocycles. The first-order chi connectivity index (χ1) is 14.0. The maximum Gasteiger partial charge on any atom is 0.303 e. The highest BCUT2D eigenvalue weighted by molar-refractivity contribution is 8.17. The maximum atomic E-state index is 12.0. The zero-order chi connectivity index (χ0) is 22.1. The minimum absolute atomic E-state index is 0.0210. The summed E-state index contributed by atoms with van der Waals surface area (Å²) in [5.74, 6) is -0.607. The molecule has 5 atom stereocenters. The van der Waals surface area contributed by atoms with Gasteiger partial charge in [-0.25, -0.2) is 0 Å². The number of hydrogen-bond donors (Lipinski definition) is 0. The van der Waals surface area contributed by atoms with Crippen LogP contribution in [0.4, 0.5) is 0 Å². The van der Waals surface area contributed by atoms with Gasteiger partial charge in [-0.2, -0.15) is 0 Å². The van der Waals surface area contributed by atoms with Crippen LogP contribution in [0.2, 0.25) is 0 Å². The lowest BCUT2D eigenvalue weighted by Crippen LogP contribution is -2.59. The zero-order valence-electron chi connectivity index (χ0n) is 18.4. The predicted octanol–water partition coefficient (Wildman–Crippen LogP) is 2.72. The quantitative estimate of drug-likeness (QED) is 0.566. The fourth-order valence-electron chi connectivity index (χ4n) is 3.90. The van der Waals surface area contributed by atoms with E-state index < -0.39 is 48.1 Å². The van der Waals surface area contributed by atoms with Gasteiger partial charge in [-0.3, -0.25) is 9.59 Å². The lowest BCUT2D eigenvalue weighted by atomic mass is 9.98. The fourth-order valence-corrected chi connectivity index (χ4v) is 6.93. The Kier molecular flexibility index (Phi) is 7.67. The molecule has 3 aliphatic rings. The van der Waals surface area contributed by atoms with E-state index >= 15 is 0 Å². The van der Waals surface area contributed by atoms with E-state index in [0.717, 1.165) is 17.9 Å². The molecular weight excluding hydrogens is 432 g/mol. The molecule has 3 rings (SSSR count). The molecule has 0 amide bonds. The van der Waals surface area contributed by atoms with Crippen LogP contribution >= 0.6 is 23.5 Å². The number of esters is 2. The van der Waals surface area contributed by atoms with E-state index in [1.165, 1.54) is 13.8 Å². The van der Waals surface area contributed by atoms with E-state index in [4.69, 9.17) is 28.4 Å². The summed E-state index contributed by atoms with van der Waals surface area (Å²) < 4.78 is 35.7. The van der Waals surface area contributed by atoms with Gasteiger partial charge in [0.2, 0.25) is 0 Å². The minimum Gasteiger partial charge on any atom is -0.458 e. The fraction of sp³-hybridized carbons (Fsp3) is 0.900. The average molecular weight is 465 g/mol. The third-order valence-electron chi connectivity index (χ3n) is 4.93. The van der Waals surface area contributed by atoms with Gasteiger partial charge >= 0.3 is 11.9 Å². The smallest absolute Gasteiger partial charge is 0.303 e. The lowest BCUT2D eigenvalue weighted by molar-refractivity contribution is -0.324. The van der Waals surface area contributed by atoms with Gasteiger partial charge in [0, 0.05) is 13.8 Å². The molecule has 8 nitrogen and oxygen atoms in total. The molecule has 0 aromatic carbocycles. The Bertz CT molecular complexity index is 634. The second-order valence-corrected chi connectivity index (χ2v) is 11.3. The Balaban J connectivity index is 1.91. The summed E-state index contributed by atoms with van der Waals surface area (Å²) >= 11 is 3.52. The van der Waals surface area contributed by atoms with Crippen molar-refractivity contribution in [2.75, 3.05) is 18.1 Å². The highest BCUT2D eigenvalue weighted by Crippen LogP contribution is 2.43. The van der Waals surface area contributed by atoms with Crippen LogP contribution in [0.1, 0.15) is 48.0 Å². The van der Waals surface area contributed by atoms with Gasteiger partial charge in [0.1, 0.15) is 18.3 Å². The number of hydrogen-bond acceptors (Lipinski definition) is 10. The Hall–Kier alpha value is -0.520. The van der Waals surface area contributed by atoms with Gasteiger partial charge in [-0.05, 0) is 45.6 Å². The molecule has 0 bridgehead atoms. The Morgan fingerprint density at radius 1 is 0.933 bits per heavy atom. The van der Waals surface area contributed by atoms with Crippen LogP contribution in [-0.4, -0.2) is 76.7 Å². The van der Waals surface area contributed by atoms with Gasteiger partial charge < -0.3 is 28.4 Å². The van der Waals surface area contributed by atoms with E-state index in [1.807, 2.05) is 13.8 Å². The molecule has 0 radical (unpaired) electrons. The monoisotopic (exact) mass is 464 g/mol. The molecule has 3 aliphatic heterocycles. The van der Waals surface area contributed by atoms with Gasteiger partial charge in [0.25, 0.3) is 0 Å². The van der Waals surface area contributed by atoms with Gasteiger partial charge in [-0.15, -0.1) is 23.5 Å². The molecule has 0 unspecified atom stereocenters. The standard InChI is InChI=1S/C20H32O8S2/c1-11(21)24-13-10-23-19(3,4)26-14(13)15-16(28-20(5,6)27-15)17(25-12(2)22)18-29-8-7-9-30-18/h13-18H,7-10H2,1-6H3/t13-,14-,15+,16-,17-/m1/s1.